The lowest BCUT2D eigenvalue weighted by atomic mass is 10.2. The Morgan fingerprint density at radius 1 is 1.14 bits per heavy atom. The zero-order valence-corrected chi connectivity index (χ0v) is 11.9. The van der Waals surface area contributed by atoms with Gasteiger partial charge in [-0.05, 0) is 36.6 Å². The summed E-state index contributed by atoms with van der Waals surface area (Å²) in [5.74, 6) is 0. The van der Waals surface area contributed by atoms with Gasteiger partial charge < -0.3 is 4.52 Å². The van der Waals surface area contributed by atoms with E-state index in [1.807, 2.05) is 49.5 Å². The van der Waals surface area contributed by atoms with Crippen molar-refractivity contribution in [2.75, 3.05) is 12.1 Å². The molecule has 0 aliphatic carbocycles. The van der Waals surface area contributed by atoms with Crippen molar-refractivity contribution in [3.05, 3.63) is 65.7 Å². The van der Waals surface area contributed by atoms with Gasteiger partial charge in [0.05, 0.1) is 17.2 Å². The average Bonchev–Trinajstić information content (AvgIpc) is 2.96. The molecule has 0 unspecified atom stereocenters. The summed E-state index contributed by atoms with van der Waals surface area (Å²) in [5, 5.41) is 22.5. The number of rotatable bonds is 3. The minimum atomic E-state index is -0.00769. The van der Waals surface area contributed by atoms with E-state index in [-0.39, 0.29) is 5.55 Å². The highest BCUT2D eigenvalue weighted by molar-refractivity contribution is 5.54. The lowest BCUT2D eigenvalue weighted by molar-refractivity contribution is -0.743. The van der Waals surface area contributed by atoms with Gasteiger partial charge in [0.2, 0.25) is 0 Å². The molecule has 1 N–H and O–H groups in total. The number of aromatic nitrogens is 2. The third-order valence-corrected chi connectivity index (χ3v) is 3.33. The van der Waals surface area contributed by atoms with Gasteiger partial charge in [0.1, 0.15) is 0 Å². The number of nitriles is 1. The van der Waals surface area contributed by atoms with Crippen LogP contribution >= 0.6 is 0 Å². The first-order valence-corrected chi connectivity index (χ1v) is 6.64. The van der Waals surface area contributed by atoms with Crippen molar-refractivity contribution >= 4 is 5.69 Å². The molecule has 0 spiro atoms. The Morgan fingerprint density at radius 2 is 1.82 bits per heavy atom. The van der Waals surface area contributed by atoms with Crippen LogP contribution in [0, 0.1) is 16.7 Å². The van der Waals surface area contributed by atoms with Gasteiger partial charge in [-0.2, -0.15) is 5.26 Å². The number of benzene rings is 2. The summed E-state index contributed by atoms with van der Waals surface area (Å²) in [5.41, 5.74) is 2.81. The van der Waals surface area contributed by atoms with Crippen LogP contribution in [-0.4, -0.2) is 7.05 Å². The standard InChI is InChI=1S/C16H13N5O/c1-20(14-9-7-12(11-17)8-10-14)21-15(16(18)22-19-21)13-5-3-2-4-6-13/h2-10,18H,1H3. The molecular formula is C16H13N5O. The smallest absolute Gasteiger partial charge is 0.297 e. The number of nitrogens with one attached hydrogen (secondary N) is 1. The van der Waals surface area contributed by atoms with Gasteiger partial charge in [0.15, 0.2) is 0 Å². The fraction of sp³-hybridized carbons (Fsp3) is 0.0625. The SMILES string of the molecule is CN(c1ccc(C#N)cc1)[n+]1[n-]oc(=N)c1-c1ccccc1. The van der Waals surface area contributed by atoms with Crippen LogP contribution in [0.25, 0.3) is 11.3 Å². The van der Waals surface area contributed by atoms with Gasteiger partial charge in [0.25, 0.3) is 11.2 Å². The molecule has 0 atom stereocenters. The van der Waals surface area contributed by atoms with Crippen molar-refractivity contribution in [1.29, 1.82) is 10.7 Å². The zero-order chi connectivity index (χ0) is 15.5. The van der Waals surface area contributed by atoms with Gasteiger partial charge in [-0.3, -0.25) is 5.41 Å². The normalized spacial score (nSPS) is 10.2. The molecule has 108 valence electrons. The maximum absolute atomic E-state index is 8.86. The second kappa shape index (κ2) is 5.58. The van der Waals surface area contributed by atoms with Crippen LogP contribution in [0.2, 0.25) is 0 Å². The summed E-state index contributed by atoms with van der Waals surface area (Å²) >= 11 is 0. The molecule has 0 fully saturated rings. The van der Waals surface area contributed by atoms with E-state index in [1.165, 1.54) is 4.79 Å². The van der Waals surface area contributed by atoms with Gasteiger partial charge >= 0.3 is 0 Å². The Balaban J connectivity index is 2.05. The fourth-order valence-corrected chi connectivity index (χ4v) is 2.16. The van der Waals surface area contributed by atoms with Crippen LogP contribution < -0.4 is 20.6 Å². The molecule has 1 heterocycles. The van der Waals surface area contributed by atoms with Crippen molar-refractivity contribution in [3.8, 4) is 17.3 Å². The quantitative estimate of drug-likeness (QED) is 0.740. The molecule has 3 aromatic rings. The van der Waals surface area contributed by atoms with Crippen molar-refractivity contribution in [3.63, 3.8) is 0 Å². The van der Waals surface area contributed by atoms with Crippen molar-refractivity contribution < 1.29 is 9.31 Å². The molecule has 3 rings (SSSR count). The van der Waals surface area contributed by atoms with Gasteiger partial charge in [-0.25, -0.2) is 5.01 Å². The molecule has 0 bridgehead atoms. The van der Waals surface area contributed by atoms with Crippen LogP contribution in [0.1, 0.15) is 5.56 Å². The Bertz CT molecular complexity index is 871. The first-order chi connectivity index (χ1) is 10.7. The summed E-state index contributed by atoms with van der Waals surface area (Å²) in [6, 6.07) is 18.7. The molecule has 0 saturated carbocycles. The highest BCUT2D eigenvalue weighted by Crippen LogP contribution is 2.14. The van der Waals surface area contributed by atoms with Crippen LogP contribution in [0.3, 0.4) is 0 Å². The number of nitrogens with zero attached hydrogens (tertiary/aromatic N) is 4. The Kier molecular flexibility index (Phi) is 3.46. The van der Waals surface area contributed by atoms with Gasteiger partial charge in [-0.15, -0.1) is 0 Å². The third kappa shape index (κ3) is 2.36. The average molecular weight is 291 g/mol. The van der Waals surface area contributed by atoms with E-state index in [2.05, 4.69) is 11.3 Å². The predicted octanol–water partition coefficient (Wildman–Crippen LogP) is 1.44. The molecule has 0 radical (unpaired) electrons. The lowest BCUT2D eigenvalue weighted by Crippen LogP contribution is -2.56. The van der Waals surface area contributed by atoms with Crippen LogP contribution in [0.5, 0.6) is 0 Å². The Morgan fingerprint density at radius 3 is 2.45 bits per heavy atom. The first-order valence-electron chi connectivity index (χ1n) is 6.64. The summed E-state index contributed by atoms with van der Waals surface area (Å²) in [6.07, 6.45) is 0. The predicted molar refractivity (Wildman–Crippen MR) is 78.5 cm³/mol. The van der Waals surface area contributed by atoms with Crippen molar-refractivity contribution in [1.82, 2.24) is 5.27 Å². The van der Waals surface area contributed by atoms with Crippen LogP contribution in [0.15, 0.2) is 59.1 Å². The molecular weight excluding hydrogens is 278 g/mol. The van der Waals surface area contributed by atoms with E-state index >= 15 is 0 Å². The summed E-state index contributed by atoms with van der Waals surface area (Å²) in [4.78, 5) is 1.53. The molecule has 0 aliphatic rings. The zero-order valence-electron chi connectivity index (χ0n) is 11.9. The molecule has 1 aromatic heterocycles. The maximum atomic E-state index is 8.86. The first kappa shape index (κ1) is 13.6. The minimum Gasteiger partial charge on any atom is -0.379 e. The molecule has 22 heavy (non-hydrogen) atoms. The molecule has 0 saturated heterocycles. The summed E-state index contributed by atoms with van der Waals surface area (Å²) in [6.45, 7) is 0. The van der Waals surface area contributed by atoms with E-state index in [0.717, 1.165) is 11.3 Å². The monoisotopic (exact) mass is 291 g/mol. The molecule has 6 heteroatoms. The molecule has 2 aromatic carbocycles. The summed E-state index contributed by atoms with van der Waals surface area (Å²) in [7, 11) is 1.82. The summed E-state index contributed by atoms with van der Waals surface area (Å²) < 4.78 is 5.02. The second-order valence-electron chi connectivity index (χ2n) is 4.69. The Hall–Kier alpha value is -3.33. The van der Waals surface area contributed by atoms with E-state index in [4.69, 9.17) is 15.2 Å². The van der Waals surface area contributed by atoms with E-state index in [0.29, 0.717) is 11.3 Å². The second-order valence-corrected chi connectivity index (χ2v) is 4.69. The number of anilines is 1. The van der Waals surface area contributed by atoms with Gasteiger partial charge in [-0.1, -0.05) is 35.1 Å². The Labute approximate surface area is 126 Å². The number of hydrogen-bond donors (Lipinski definition) is 1. The van der Waals surface area contributed by atoms with Crippen LogP contribution in [-0.2, 0) is 0 Å². The topological polar surface area (TPSA) is 82.0 Å². The van der Waals surface area contributed by atoms with E-state index in [9.17, 15) is 0 Å². The fourth-order valence-electron chi connectivity index (χ4n) is 2.16. The third-order valence-electron chi connectivity index (χ3n) is 3.33. The minimum absolute atomic E-state index is 0.00769. The number of hydrogen-bond acceptors (Lipinski definition) is 4. The highest BCUT2D eigenvalue weighted by atomic mass is 16.5. The highest BCUT2D eigenvalue weighted by Gasteiger charge is 2.19. The van der Waals surface area contributed by atoms with Crippen LogP contribution in [0.4, 0.5) is 5.69 Å². The maximum Gasteiger partial charge on any atom is 0.297 e. The van der Waals surface area contributed by atoms with Crippen molar-refractivity contribution in [2.24, 2.45) is 0 Å². The molecule has 0 amide bonds. The largest absolute Gasteiger partial charge is 0.379 e. The van der Waals surface area contributed by atoms with E-state index < -0.39 is 0 Å². The molecule has 6 nitrogen and oxygen atoms in total. The van der Waals surface area contributed by atoms with Gasteiger partial charge in [0, 0.05) is 5.69 Å². The lowest BCUT2D eigenvalue weighted by Gasteiger charge is -2.18. The molecule has 0 aliphatic heterocycles. The van der Waals surface area contributed by atoms with Crippen molar-refractivity contribution in [2.45, 2.75) is 0 Å². The van der Waals surface area contributed by atoms with E-state index in [1.54, 1.807) is 17.1 Å².